The van der Waals surface area contributed by atoms with Crippen molar-refractivity contribution in [2.75, 3.05) is 18.8 Å². The van der Waals surface area contributed by atoms with Crippen LogP contribution in [0.15, 0.2) is 30.3 Å². The molecule has 1 rings (SSSR count). The third-order valence-corrected chi connectivity index (χ3v) is 3.59. The molecule has 0 aliphatic carbocycles. The Labute approximate surface area is 128 Å². The normalized spacial score (nSPS) is 11.9. The number of amides is 2. The Bertz CT molecular complexity index is 377. The van der Waals surface area contributed by atoms with Gasteiger partial charge in [0.05, 0.1) is 0 Å². The van der Waals surface area contributed by atoms with E-state index in [2.05, 4.69) is 43.9 Å². The predicted molar refractivity (Wildman–Crippen MR) is 88.5 cm³/mol. The molecule has 112 valence electrons. The van der Waals surface area contributed by atoms with Gasteiger partial charge >= 0.3 is 6.03 Å². The van der Waals surface area contributed by atoms with Gasteiger partial charge in [-0.05, 0) is 24.8 Å². The van der Waals surface area contributed by atoms with Crippen LogP contribution in [-0.4, -0.2) is 35.8 Å². The summed E-state index contributed by atoms with van der Waals surface area (Å²) in [5.41, 5.74) is 1.23. The van der Waals surface area contributed by atoms with Crippen LogP contribution in [0.2, 0.25) is 0 Å². The molecule has 2 amide bonds. The van der Waals surface area contributed by atoms with Gasteiger partial charge in [0.1, 0.15) is 0 Å². The third-order valence-electron chi connectivity index (χ3n) is 3.15. The Kier molecular flexibility index (Phi) is 8.19. The lowest BCUT2D eigenvalue weighted by atomic mass is 10.1. The van der Waals surface area contributed by atoms with Crippen LogP contribution in [0.4, 0.5) is 4.79 Å². The number of hydrogen-bond donors (Lipinski definition) is 2. The van der Waals surface area contributed by atoms with Gasteiger partial charge in [0.15, 0.2) is 0 Å². The fourth-order valence-electron chi connectivity index (χ4n) is 2.18. The van der Waals surface area contributed by atoms with Crippen molar-refractivity contribution in [1.82, 2.24) is 10.2 Å². The Balaban J connectivity index is 2.55. The fourth-order valence-corrected chi connectivity index (χ4v) is 2.40. The van der Waals surface area contributed by atoms with Crippen LogP contribution >= 0.6 is 12.6 Å². The van der Waals surface area contributed by atoms with Gasteiger partial charge in [-0.3, -0.25) is 0 Å². The predicted octanol–water partition coefficient (Wildman–Crippen LogP) is 3.36. The average Bonchev–Trinajstić information content (AvgIpc) is 2.47. The molecular weight excluding hydrogens is 268 g/mol. The summed E-state index contributed by atoms with van der Waals surface area (Å²) >= 11 is 4.36. The van der Waals surface area contributed by atoms with Crippen molar-refractivity contribution < 1.29 is 4.79 Å². The summed E-state index contributed by atoms with van der Waals surface area (Å²) in [7, 11) is 0. The van der Waals surface area contributed by atoms with Crippen LogP contribution in [-0.2, 0) is 6.42 Å². The highest BCUT2D eigenvalue weighted by Crippen LogP contribution is 2.05. The van der Waals surface area contributed by atoms with Gasteiger partial charge in [-0.25, -0.2) is 4.79 Å². The van der Waals surface area contributed by atoms with Crippen LogP contribution in [0.25, 0.3) is 0 Å². The van der Waals surface area contributed by atoms with Crippen LogP contribution in [0, 0.1) is 0 Å². The molecule has 0 saturated carbocycles. The first-order valence-electron chi connectivity index (χ1n) is 7.41. The van der Waals surface area contributed by atoms with E-state index in [9.17, 15) is 4.79 Å². The molecule has 1 atom stereocenters. The summed E-state index contributed by atoms with van der Waals surface area (Å²) in [5.74, 6) is 0.646. The fraction of sp³-hybridized carbons (Fsp3) is 0.562. The lowest BCUT2D eigenvalue weighted by Crippen LogP contribution is -2.47. The van der Waals surface area contributed by atoms with Gasteiger partial charge in [0.2, 0.25) is 0 Å². The summed E-state index contributed by atoms with van der Waals surface area (Å²) in [6.07, 6.45) is 2.79. The van der Waals surface area contributed by atoms with Crippen LogP contribution in [0.5, 0.6) is 0 Å². The number of nitrogens with zero attached hydrogens (tertiary/aromatic N) is 1. The van der Waals surface area contributed by atoms with Crippen molar-refractivity contribution in [3.05, 3.63) is 35.9 Å². The van der Waals surface area contributed by atoms with E-state index >= 15 is 0 Å². The quantitative estimate of drug-likeness (QED) is 0.708. The first kappa shape index (κ1) is 16.9. The highest BCUT2D eigenvalue weighted by Gasteiger charge is 2.16. The van der Waals surface area contributed by atoms with Gasteiger partial charge in [-0.2, -0.15) is 12.6 Å². The number of urea groups is 1. The van der Waals surface area contributed by atoms with Crippen molar-refractivity contribution in [3.8, 4) is 0 Å². The van der Waals surface area contributed by atoms with E-state index < -0.39 is 0 Å². The second kappa shape index (κ2) is 9.70. The molecule has 0 spiro atoms. The second-order valence-corrected chi connectivity index (χ2v) is 5.37. The number of hydrogen-bond acceptors (Lipinski definition) is 2. The molecule has 1 N–H and O–H groups in total. The summed E-state index contributed by atoms with van der Waals surface area (Å²) in [6.45, 7) is 5.81. The number of carbonyl (C=O) groups excluding carboxylic acids is 1. The molecule has 0 bridgehead atoms. The highest BCUT2D eigenvalue weighted by molar-refractivity contribution is 7.80. The van der Waals surface area contributed by atoms with Crippen molar-refractivity contribution >= 4 is 18.7 Å². The standard InChI is InChI=1S/C16H26N2OS/c1-3-10-18(11-4-2)16(19)17-15(13-20)12-14-8-6-5-7-9-14/h5-9,15,20H,3-4,10-13H2,1-2H3,(H,17,19). The number of carbonyl (C=O) groups is 1. The summed E-state index contributed by atoms with van der Waals surface area (Å²) in [6, 6.07) is 10.3. The molecular formula is C16H26N2OS. The van der Waals surface area contributed by atoms with E-state index in [-0.39, 0.29) is 12.1 Å². The van der Waals surface area contributed by atoms with Gasteiger partial charge in [-0.15, -0.1) is 0 Å². The van der Waals surface area contributed by atoms with E-state index in [4.69, 9.17) is 0 Å². The lowest BCUT2D eigenvalue weighted by molar-refractivity contribution is 0.194. The zero-order valence-corrected chi connectivity index (χ0v) is 13.4. The Morgan fingerprint density at radius 2 is 1.80 bits per heavy atom. The van der Waals surface area contributed by atoms with Gasteiger partial charge < -0.3 is 10.2 Å². The number of benzene rings is 1. The van der Waals surface area contributed by atoms with E-state index in [1.165, 1.54) is 5.56 Å². The first-order valence-corrected chi connectivity index (χ1v) is 8.04. The molecule has 0 aromatic heterocycles. The third kappa shape index (κ3) is 5.87. The molecule has 20 heavy (non-hydrogen) atoms. The molecule has 1 unspecified atom stereocenters. The van der Waals surface area contributed by atoms with E-state index in [0.717, 1.165) is 32.4 Å². The molecule has 0 aliphatic rings. The zero-order valence-electron chi connectivity index (χ0n) is 12.5. The molecule has 0 saturated heterocycles. The largest absolute Gasteiger partial charge is 0.334 e. The van der Waals surface area contributed by atoms with Gasteiger partial charge in [0, 0.05) is 24.9 Å². The minimum absolute atomic E-state index is 0.0312. The Morgan fingerprint density at radius 3 is 2.30 bits per heavy atom. The average molecular weight is 294 g/mol. The topological polar surface area (TPSA) is 32.3 Å². The molecule has 3 nitrogen and oxygen atoms in total. The van der Waals surface area contributed by atoms with Gasteiger partial charge in [-0.1, -0.05) is 44.2 Å². The van der Waals surface area contributed by atoms with Crippen LogP contribution < -0.4 is 5.32 Å². The zero-order chi connectivity index (χ0) is 14.8. The number of nitrogens with one attached hydrogen (secondary N) is 1. The van der Waals surface area contributed by atoms with Gasteiger partial charge in [0.25, 0.3) is 0 Å². The minimum atomic E-state index is 0.0312. The highest BCUT2D eigenvalue weighted by atomic mass is 32.1. The molecule has 1 aromatic rings. The summed E-state index contributed by atoms with van der Waals surface area (Å²) in [5, 5.41) is 3.10. The molecule has 0 aliphatic heterocycles. The summed E-state index contributed by atoms with van der Waals surface area (Å²) in [4.78, 5) is 14.2. The van der Waals surface area contributed by atoms with E-state index in [0.29, 0.717) is 5.75 Å². The maximum absolute atomic E-state index is 12.3. The SMILES string of the molecule is CCCN(CCC)C(=O)NC(CS)Cc1ccccc1. The monoisotopic (exact) mass is 294 g/mol. The number of rotatable bonds is 8. The smallest absolute Gasteiger partial charge is 0.317 e. The molecule has 0 radical (unpaired) electrons. The van der Waals surface area contributed by atoms with Crippen molar-refractivity contribution in [2.24, 2.45) is 0 Å². The molecule has 0 fully saturated rings. The molecule has 1 aromatic carbocycles. The Morgan fingerprint density at radius 1 is 1.20 bits per heavy atom. The van der Waals surface area contributed by atoms with E-state index in [1.807, 2.05) is 23.1 Å². The number of thiol groups is 1. The second-order valence-electron chi connectivity index (χ2n) is 5.01. The van der Waals surface area contributed by atoms with Crippen molar-refractivity contribution in [3.63, 3.8) is 0 Å². The summed E-state index contributed by atoms with van der Waals surface area (Å²) < 4.78 is 0. The minimum Gasteiger partial charge on any atom is -0.334 e. The van der Waals surface area contributed by atoms with Crippen LogP contribution in [0.1, 0.15) is 32.3 Å². The molecule has 4 heteroatoms. The van der Waals surface area contributed by atoms with Crippen molar-refractivity contribution in [2.45, 2.75) is 39.2 Å². The lowest BCUT2D eigenvalue weighted by Gasteiger charge is -2.25. The Hall–Kier alpha value is -1.16. The molecule has 0 heterocycles. The first-order chi connectivity index (χ1) is 9.71. The van der Waals surface area contributed by atoms with E-state index in [1.54, 1.807) is 0 Å². The van der Waals surface area contributed by atoms with Crippen LogP contribution in [0.3, 0.4) is 0 Å². The maximum atomic E-state index is 12.3. The maximum Gasteiger partial charge on any atom is 0.317 e. The van der Waals surface area contributed by atoms with Crippen molar-refractivity contribution in [1.29, 1.82) is 0 Å².